The van der Waals surface area contributed by atoms with Gasteiger partial charge in [-0.25, -0.2) is 8.78 Å². The van der Waals surface area contributed by atoms with Crippen molar-refractivity contribution >= 4 is 0 Å². The van der Waals surface area contributed by atoms with Crippen LogP contribution < -0.4 is 0 Å². The third kappa shape index (κ3) is 1.22. The summed E-state index contributed by atoms with van der Waals surface area (Å²) in [6, 6.07) is 0. The molecular weight excluding hydrogens is 122 g/mol. The Morgan fingerprint density at radius 2 is 1.67 bits per heavy atom. The van der Waals surface area contributed by atoms with Gasteiger partial charge in [-0.2, -0.15) is 0 Å². The van der Waals surface area contributed by atoms with Crippen molar-refractivity contribution in [3.63, 3.8) is 0 Å². The van der Waals surface area contributed by atoms with Gasteiger partial charge in [0.25, 0.3) is 5.92 Å². The molecule has 1 saturated carbocycles. The molecule has 2 heteroatoms. The summed E-state index contributed by atoms with van der Waals surface area (Å²) < 4.78 is 24.6. The molecular formula is C7H12F2. The standard InChI is InChI=1S/C7H12F2/c1-6(2,3)5-4-7(5,8)9/h5H,4H2,1-3H3/t5-/m1/s1. The van der Waals surface area contributed by atoms with Crippen LogP contribution in [0.15, 0.2) is 0 Å². The molecule has 0 aromatic heterocycles. The predicted molar refractivity (Wildman–Crippen MR) is 32.5 cm³/mol. The fourth-order valence-electron chi connectivity index (χ4n) is 1.15. The molecule has 1 atom stereocenters. The molecule has 0 heterocycles. The van der Waals surface area contributed by atoms with E-state index in [1.165, 1.54) is 0 Å². The quantitative estimate of drug-likeness (QED) is 0.477. The van der Waals surface area contributed by atoms with Gasteiger partial charge in [0.2, 0.25) is 0 Å². The van der Waals surface area contributed by atoms with Gasteiger partial charge in [0.15, 0.2) is 0 Å². The second-order valence-corrected chi connectivity index (χ2v) is 3.88. The van der Waals surface area contributed by atoms with Crippen LogP contribution in [0, 0.1) is 11.3 Å². The smallest absolute Gasteiger partial charge is 0.207 e. The molecule has 1 aliphatic carbocycles. The minimum atomic E-state index is -2.35. The van der Waals surface area contributed by atoms with E-state index in [1.807, 2.05) is 20.8 Å². The van der Waals surface area contributed by atoms with Gasteiger partial charge in [-0.1, -0.05) is 20.8 Å². The number of hydrogen-bond acceptors (Lipinski definition) is 0. The number of halogens is 2. The minimum Gasteiger partial charge on any atom is -0.207 e. The van der Waals surface area contributed by atoms with Crippen LogP contribution in [-0.4, -0.2) is 5.92 Å². The molecule has 1 fully saturated rings. The normalized spacial score (nSPS) is 32.3. The highest BCUT2D eigenvalue weighted by atomic mass is 19.3. The van der Waals surface area contributed by atoms with Crippen LogP contribution in [0.2, 0.25) is 0 Å². The molecule has 0 N–H and O–H groups in total. The summed E-state index contributed by atoms with van der Waals surface area (Å²) in [6.45, 7) is 5.58. The third-order valence-corrected chi connectivity index (χ3v) is 1.87. The molecule has 0 saturated heterocycles. The number of alkyl halides is 2. The monoisotopic (exact) mass is 134 g/mol. The van der Waals surface area contributed by atoms with Crippen molar-refractivity contribution in [3.8, 4) is 0 Å². The van der Waals surface area contributed by atoms with Crippen molar-refractivity contribution < 1.29 is 8.78 Å². The molecule has 0 unspecified atom stereocenters. The van der Waals surface area contributed by atoms with E-state index in [2.05, 4.69) is 0 Å². The Morgan fingerprint density at radius 1 is 1.33 bits per heavy atom. The first-order chi connectivity index (χ1) is 3.84. The van der Waals surface area contributed by atoms with Crippen molar-refractivity contribution in [1.82, 2.24) is 0 Å². The molecule has 0 aromatic rings. The van der Waals surface area contributed by atoms with Crippen LogP contribution in [0.1, 0.15) is 27.2 Å². The summed E-state index contributed by atoms with van der Waals surface area (Å²) in [4.78, 5) is 0. The van der Waals surface area contributed by atoms with Gasteiger partial charge in [-0.05, 0) is 5.41 Å². The predicted octanol–water partition coefficient (Wildman–Crippen LogP) is 2.69. The van der Waals surface area contributed by atoms with Gasteiger partial charge < -0.3 is 0 Å². The second kappa shape index (κ2) is 1.47. The average molecular weight is 134 g/mol. The van der Waals surface area contributed by atoms with E-state index < -0.39 is 5.92 Å². The fraction of sp³-hybridized carbons (Fsp3) is 1.00. The maximum atomic E-state index is 12.3. The highest BCUT2D eigenvalue weighted by molar-refractivity contribution is 5.01. The first-order valence-electron chi connectivity index (χ1n) is 3.22. The van der Waals surface area contributed by atoms with E-state index in [0.717, 1.165) is 0 Å². The Morgan fingerprint density at radius 3 is 1.67 bits per heavy atom. The van der Waals surface area contributed by atoms with E-state index in [0.29, 0.717) is 0 Å². The molecule has 0 aliphatic heterocycles. The van der Waals surface area contributed by atoms with Gasteiger partial charge in [0.05, 0.1) is 0 Å². The SMILES string of the molecule is CC(C)(C)[C@H]1CC1(F)F. The Labute approximate surface area is 54.3 Å². The lowest BCUT2D eigenvalue weighted by Crippen LogP contribution is -2.13. The lowest BCUT2D eigenvalue weighted by atomic mass is 9.90. The zero-order valence-electron chi connectivity index (χ0n) is 6.04. The highest BCUT2D eigenvalue weighted by Crippen LogP contribution is 2.57. The van der Waals surface area contributed by atoms with E-state index in [1.54, 1.807) is 0 Å². The lowest BCUT2D eigenvalue weighted by molar-refractivity contribution is 0.0711. The Balaban J connectivity index is 2.52. The maximum absolute atomic E-state index is 12.3. The topological polar surface area (TPSA) is 0 Å². The highest BCUT2D eigenvalue weighted by Gasteiger charge is 2.61. The number of rotatable bonds is 0. The van der Waals surface area contributed by atoms with Gasteiger partial charge >= 0.3 is 0 Å². The molecule has 0 aromatic carbocycles. The van der Waals surface area contributed by atoms with Gasteiger partial charge in [-0.3, -0.25) is 0 Å². The van der Waals surface area contributed by atoms with E-state index in [4.69, 9.17) is 0 Å². The van der Waals surface area contributed by atoms with Crippen molar-refractivity contribution in [1.29, 1.82) is 0 Å². The Bertz CT molecular complexity index is 121. The summed E-state index contributed by atoms with van der Waals surface area (Å²) in [5.74, 6) is -2.72. The second-order valence-electron chi connectivity index (χ2n) is 3.88. The molecule has 0 spiro atoms. The van der Waals surface area contributed by atoms with Crippen molar-refractivity contribution in [2.24, 2.45) is 11.3 Å². The number of hydrogen-bond donors (Lipinski definition) is 0. The molecule has 54 valence electrons. The molecule has 0 radical (unpaired) electrons. The summed E-state index contributed by atoms with van der Waals surface area (Å²) >= 11 is 0. The van der Waals surface area contributed by atoms with Crippen LogP contribution in [0.5, 0.6) is 0 Å². The fourth-order valence-corrected chi connectivity index (χ4v) is 1.15. The van der Waals surface area contributed by atoms with Crippen molar-refractivity contribution in [3.05, 3.63) is 0 Å². The van der Waals surface area contributed by atoms with E-state index >= 15 is 0 Å². The van der Waals surface area contributed by atoms with Gasteiger partial charge in [0.1, 0.15) is 0 Å². The molecule has 0 amide bonds. The maximum Gasteiger partial charge on any atom is 0.252 e. The van der Waals surface area contributed by atoms with Gasteiger partial charge in [-0.15, -0.1) is 0 Å². The Hall–Kier alpha value is -0.140. The third-order valence-electron chi connectivity index (χ3n) is 1.87. The van der Waals surface area contributed by atoms with Crippen LogP contribution >= 0.6 is 0 Å². The van der Waals surface area contributed by atoms with E-state index in [9.17, 15) is 8.78 Å². The van der Waals surface area contributed by atoms with Gasteiger partial charge in [0, 0.05) is 12.3 Å². The first-order valence-corrected chi connectivity index (χ1v) is 3.22. The molecule has 9 heavy (non-hydrogen) atoms. The zero-order chi connectivity index (χ0) is 7.28. The largest absolute Gasteiger partial charge is 0.252 e. The summed E-state index contributed by atoms with van der Waals surface area (Å²) in [7, 11) is 0. The first kappa shape index (κ1) is 6.97. The molecule has 0 nitrogen and oxygen atoms in total. The molecule has 1 aliphatic rings. The van der Waals surface area contributed by atoms with Crippen molar-refractivity contribution in [2.75, 3.05) is 0 Å². The molecule has 0 bridgehead atoms. The summed E-state index contributed by atoms with van der Waals surface area (Å²) in [5, 5.41) is 0. The van der Waals surface area contributed by atoms with Crippen LogP contribution in [0.4, 0.5) is 8.78 Å². The lowest BCUT2D eigenvalue weighted by Gasteiger charge is -2.16. The zero-order valence-corrected chi connectivity index (χ0v) is 6.04. The van der Waals surface area contributed by atoms with Crippen LogP contribution in [0.3, 0.4) is 0 Å². The van der Waals surface area contributed by atoms with Crippen molar-refractivity contribution in [2.45, 2.75) is 33.1 Å². The van der Waals surface area contributed by atoms with Crippen LogP contribution in [0.25, 0.3) is 0 Å². The Kier molecular flexibility index (Phi) is 1.14. The molecule has 1 rings (SSSR count). The van der Waals surface area contributed by atoms with E-state index in [-0.39, 0.29) is 17.8 Å². The van der Waals surface area contributed by atoms with Crippen LogP contribution in [-0.2, 0) is 0 Å². The summed E-state index contributed by atoms with van der Waals surface area (Å²) in [6.07, 6.45) is 0.0938. The minimum absolute atomic E-state index is 0.0938. The summed E-state index contributed by atoms with van der Waals surface area (Å²) in [5.41, 5.74) is -0.205. The average Bonchev–Trinajstić information content (AvgIpc) is 2.10.